The smallest absolute Gasteiger partial charge is 0.293 e. The molecule has 26 heavy (non-hydrogen) atoms. The second-order valence-electron chi connectivity index (χ2n) is 5.39. The molecule has 0 radical (unpaired) electrons. The fourth-order valence-corrected chi connectivity index (χ4v) is 2.88. The molecule has 0 saturated heterocycles. The molecule has 1 unspecified atom stereocenters. The summed E-state index contributed by atoms with van der Waals surface area (Å²) in [5.74, 6) is -6.67. The highest BCUT2D eigenvalue weighted by Crippen LogP contribution is 2.30. The summed E-state index contributed by atoms with van der Waals surface area (Å²) in [6, 6.07) is 8.19. The summed E-state index contributed by atoms with van der Waals surface area (Å²) in [6.07, 6.45) is 0. The number of hydrogen-bond donors (Lipinski definition) is 2. The predicted octanol–water partition coefficient (Wildman–Crippen LogP) is 2.90. The Morgan fingerprint density at radius 2 is 1.92 bits per heavy atom. The van der Waals surface area contributed by atoms with Crippen LogP contribution in [0.25, 0.3) is 0 Å². The second kappa shape index (κ2) is 8.47. The summed E-state index contributed by atoms with van der Waals surface area (Å²) in [4.78, 5) is 21.4. The molecule has 0 saturated carbocycles. The molecule has 0 bridgehead atoms. The minimum atomic E-state index is -3.79. The standard InChI is InChI=1S/C17H16F4NO3P/c1-26(24)15-5-3-2-4-14(15)25-9-16(23)22-10-17(20,21)12-8-11(18)6-7-13(12)19/h2-8,24H,9-10H2,1H3,(H,22,23). The van der Waals surface area contributed by atoms with E-state index in [0.717, 1.165) is 6.07 Å². The van der Waals surface area contributed by atoms with Gasteiger partial charge in [-0.1, -0.05) is 12.1 Å². The number of halogens is 4. The molecule has 140 valence electrons. The van der Waals surface area contributed by atoms with Gasteiger partial charge in [-0.05, 0) is 37.0 Å². The van der Waals surface area contributed by atoms with Crippen LogP contribution in [0.4, 0.5) is 17.6 Å². The van der Waals surface area contributed by atoms with Gasteiger partial charge < -0.3 is 14.9 Å². The van der Waals surface area contributed by atoms with Gasteiger partial charge in [0.15, 0.2) is 6.61 Å². The number of carbonyl (C=O) groups excluding carboxylic acids is 1. The first-order chi connectivity index (χ1) is 12.2. The lowest BCUT2D eigenvalue weighted by Crippen LogP contribution is -2.38. The number of alkyl halides is 2. The van der Waals surface area contributed by atoms with Crippen molar-refractivity contribution in [2.75, 3.05) is 19.8 Å². The van der Waals surface area contributed by atoms with Gasteiger partial charge in [0.05, 0.1) is 20.3 Å². The van der Waals surface area contributed by atoms with E-state index >= 15 is 0 Å². The number of amides is 1. The van der Waals surface area contributed by atoms with Crippen molar-refractivity contribution >= 4 is 19.4 Å². The van der Waals surface area contributed by atoms with E-state index in [2.05, 4.69) is 0 Å². The molecule has 4 nitrogen and oxygen atoms in total. The van der Waals surface area contributed by atoms with Crippen LogP contribution in [0, 0.1) is 11.6 Å². The zero-order valence-electron chi connectivity index (χ0n) is 13.7. The maximum atomic E-state index is 14.0. The van der Waals surface area contributed by atoms with Gasteiger partial charge in [0.2, 0.25) is 0 Å². The zero-order valence-corrected chi connectivity index (χ0v) is 14.6. The lowest BCUT2D eigenvalue weighted by atomic mass is 10.1. The molecular formula is C17H16F4NO3P. The van der Waals surface area contributed by atoms with Crippen molar-refractivity contribution in [3.8, 4) is 5.75 Å². The summed E-state index contributed by atoms with van der Waals surface area (Å²) >= 11 is 0. The van der Waals surface area contributed by atoms with Gasteiger partial charge in [-0.15, -0.1) is 0 Å². The number of para-hydroxylation sites is 1. The monoisotopic (exact) mass is 389 g/mol. The quantitative estimate of drug-likeness (QED) is 0.566. The molecule has 9 heteroatoms. The molecule has 2 aromatic rings. The van der Waals surface area contributed by atoms with E-state index in [0.29, 0.717) is 17.4 Å². The van der Waals surface area contributed by atoms with Crippen molar-refractivity contribution in [1.82, 2.24) is 5.32 Å². The summed E-state index contributed by atoms with van der Waals surface area (Å²) in [5, 5.41) is 2.43. The molecule has 0 spiro atoms. The van der Waals surface area contributed by atoms with E-state index in [1.165, 1.54) is 6.07 Å². The summed E-state index contributed by atoms with van der Waals surface area (Å²) in [6.45, 7) is -0.203. The predicted molar refractivity (Wildman–Crippen MR) is 89.9 cm³/mol. The Labute approximate surface area is 148 Å². The van der Waals surface area contributed by atoms with E-state index in [4.69, 9.17) is 4.74 Å². The maximum absolute atomic E-state index is 14.0. The van der Waals surface area contributed by atoms with Gasteiger partial charge in [-0.2, -0.15) is 8.78 Å². The minimum Gasteiger partial charge on any atom is -0.483 e. The van der Waals surface area contributed by atoms with Crippen molar-refractivity contribution in [3.05, 3.63) is 59.7 Å². The number of hydrogen-bond acceptors (Lipinski definition) is 3. The first-order valence-electron chi connectivity index (χ1n) is 7.45. The van der Waals surface area contributed by atoms with Crippen molar-refractivity contribution in [1.29, 1.82) is 0 Å². The van der Waals surface area contributed by atoms with E-state index in [9.17, 15) is 27.2 Å². The van der Waals surface area contributed by atoms with Crippen molar-refractivity contribution < 1.29 is 32.0 Å². The van der Waals surface area contributed by atoms with Crippen molar-refractivity contribution in [2.24, 2.45) is 0 Å². The van der Waals surface area contributed by atoms with Crippen molar-refractivity contribution in [3.63, 3.8) is 0 Å². The highest BCUT2D eigenvalue weighted by molar-refractivity contribution is 7.59. The zero-order chi connectivity index (χ0) is 19.3. The maximum Gasteiger partial charge on any atom is 0.293 e. The minimum absolute atomic E-state index is 0.265. The molecule has 2 N–H and O–H groups in total. The van der Waals surface area contributed by atoms with Gasteiger partial charge in [-0.25, -0.2) is 8.78 Å². The molecule has 0 aliphatic rings. The number of carbonyl (C=O) groups is 1. The molecule has 2 rings (SSSR count). The Kier molecular flexibility index (Phi) is 6.56. The van der Waals surface area contributed by atoms with Crippen LogP contribution in [0.15, 0.2) is 42.5 Å². The fraction of sp³-hybridized carbons (Fsp3) is 0.235. The summed E-state index contributed by atoms with van der Waals surface area (Å²) < 4.78 is 59.8. The Hall–Kier alpha value is -2.18. The van der Waals surface area contributed by atoms with Gasteiger partial charge in [0, 0.05) is 5.30 Å². The van der Waals surface area contributed by atoms with Crippen molar-refractivity contribution in [2.45, 2.75) is 5.92 Å². The van der Waals surface area contributed by atoms with Crippen LogP contribution in [0.1, 0.15) is 5.56 Å². The summed E-state index contributed by atoms with van der Waals surface area (Å²) in [5.41, 5.74) is -1.14. The van der Waals surface area contributed by atoms with Gasteiger partial charge in [0.25, 0.3) is 11.8 Å². The Morgan fingerprint density at radius 3 is 2.62 bits per heavy atom. The average Bonchev–Trinajstić information content (AvgIpc) is 2.60. The number of nitrogens with one attached hydrogen (secondary N) is 1. The molecule has 0 aliphatic heterocycles. The van der Waals surface area contributed by atoms with Gasteiger partial charge in [-0.3, -0.25) is 4.79 Å². The lowest BCUT2D eigenvalue weighted by Gasteiger charge is -2.18. The SMILES string of the molecule is CP(O)c1ccccc1OCC(=O)NCC(F)(F)c1cc(F)ccc1F. The van der Waals surface area contributed by atoms with E-state index in [-0.39, 0.29) is 5.75 Å². The molecule has 2 aromatic carbocycles. The van der Waals surface area contributed by atoms with Crippen LogP contribution < -0.4 is 15.4 Å². The van der Waals surface area contributed by atoms with Crippen LogP contribution in [0.2, 0.25) is 0 Å². The highest BCUT2D eigenvalue weighted by Gasteiger charge is 2.35. The van der Waals surface area contributed by atoms with Crippen LogP contribution >= 0.6 is 8.15 Å². The topological polar surface area (TPSA) is 58.6 Å². The summed E-state index contributed by atoms with van der Waals surface area (Å²) in [7, 11) is -1.46. The number of rotatable bonds is 7. The van der Waals surface area contributed by atoms with Crippen LogP contribution in [0.3, 0.4) is 0 Å². The molecular weight excluding hydrogens is 373 g/mol. The Balaban J connectivity index is 1.95. The molecule has 0 aromatic heterocycles. The molecule has 1 atom stereocenters. The number of ether oxygens (including phenoxy) is 1. The first-order valence-corrected chi connectivity index (χ1v) is 9.19. The highest BCUT2D eigenvalue weighted by atomic mass is 31.1. The second-order valence-corrected chi connectivity index (χ2v) is 6.91. The van der Waals surface area contributed by atoms with Crippen LogP contribution in [0.5, 0.6) is 5.75 Å². The normalized spacial score (nSPS) is 12.5. The van der Waals surface area contributed by atoms with Crippen LogP contribution in [-0.4, -0.2) is 30.6 Å². The van der Waals surface area contributed by atoms with E-state index in [1.54, 1.807) is 24.9 Å². The Bertz CT molecular complexity index is 786. The van der Waals surface area contributed by atoms with E-state index in [1.807, 2.05) is 5.32 Å². The first kappa shape index (κ1) is 20.1. The molecule has 0 aliphatic carbocycles. The fourth-order valence-electron chi connectivity index (χ4n) is 2.12. The molecule has 1 amide bonds. The third-order valence-electron chi connectivity index (χ3n) is 3.40. The number of benzene rings is 2. The molecule has 0 fully saturated rings. The largest absolute Gasteiger partial charge is 0.483 e. The lowest BCUT2D eigenvalue weighted by molar-refractivity contribution is -0.125. The Morgan fingerprint density at radius 1 is 1.23 bits per heavy atom. The van der Waals surface area contributed by atoms with E-state index < -0.39 is 50.3 Å². The third-order valence-corrected chi connectivity index (χ3v) is 4.47. The third kappa shape index (κ3) is 5.16. The van der Waals surface area contributed by atoms with Crippen LogP contribution in [-0.2, 0) is 10.7 Å². The van der Waals surface area contributed by atoms with Gasteiger partial charge in [0.1, 0.15) is 17.4 Å². The average molecular weight is 389 g/mol. The van der Waals surface area contributed by atoms with Gasteiger partial charge >= 0.3 is 0 Å². The molecule has 0 heterocycles.